The van der Waals surface area contributed by atoms with Gasteiger partial charge in [0.05, 0.1) is 26.0 Å². The molecule has 4 bridgehead atoms. The summed E-state index contributed by atoms with van der Waals surface area (Å²) in [4.78, 5) is 255. The smallest absolute Gasteiger partial charge is 0.326 e. The summed E-state index contributed by atoms with van der Waals surface area (Å²) in [6.07, 6.45) is -1.06. The highest BCUT2D eigenvalue weighted by Gasteiger charge is 2.43. The first-order chi connectivity index (χ1) is 63.6. The van der Waals surface area contributed by atoms with Crippen molar-refractivity contribution in [1.82, 2.24) is 99.4 Å². The first kappa shape index (κ1) is 113. The summed E-state index contributed by atoms with van der Waals surface area (Å²) in [7, 11) is 0. The number of benzene rings is 1. The van der Waals surface area contributed by atoms with Crippen molar-refractivity contribution >= 4 is 160 Å². The van der Waals surface area contributed by atoms with Crippen molar-refractivity contribution in [1.29, 1.82) is 21.6 Å². The van der Waals surface area contributed by atoms with E-state index in [-0.39, 0.29) is 182 Å². The fraction of sp³-hybridized carbons (Fsp3) is 0.675. The maximum atomic E-state index is 15.4. The van der Waals surface area contributed by atoms with E-state index in [2.05, 4.69) is 79.8 Å². The van der Waals surface area contributed by atoms with Gasteiger partial charge in [0.2, 0.25) is 94.5 Å². The van der Waals surface area contributed by atoms with Crippen molar-refractivity contribution in [2.24, 2.45) is 52.0 Å². The molecule has 13 atom stereocenters. The molecule has 1 aromatic rings. The monoisotopic (exact) mass is 1940 g/mol. The highest BCUT2D eigenvalue weighted by atomic mass is 32.2. The lowest BCUT2D eigenvalue weighted by Gasteiger charge is -2.42. The van der Waals surface area contributed by atoms with Crippen LogP contribution < -0.4 is 120 Å². The number of nitrogens with zero attached hydrogens (tertiary/aromatic N) is 4. The highest BCUT2D eigenvalue weighted by molar-refractivity contribution is 7.99. The van der Waals surface area contributed by atoms with Gasteiger partial charge >= 0.3 is 5.97 Å². The maximum absolute atomic E-state index is 15.4. The van der Waals surface area contributed by atoms with E-state index in [4.69, 9.17) is 61.8 Å². The van der Waals surface area contributed by atoms with Crippen LogP contribution in [0.25, 0.3) is 0 Å². The lowest BCUT2D eigenvalue weighted by molar-refractivity contribution is -0.158. The molecule has 48 nitrogen and oxygen atoms in total. The van der Waals surface area contributed by atoms with Crippen LogP contribution in [0.2, 0.25) is 0 Å². The molecule has 0 spiro atoms. The van der Waals surface area contributed by atoms with Crippen LogP contribution in [0.5, 0.6) is 0 Å². The normalized spacial score (nSPS) is 23.3. The fourth-order valence-electron chi connectivity index (χ4n) is 14.8. The average Bonchev–Trinajstić information content (AvgIpc) is 1.62. The molecule has 0 saturated carbocycles. The van der Waals surface area contributed by atoms with Crippen LogP contribution >= 0.6 is 35.3 Å². The zero-order chi connectivity index (χ0) is 99.1. The van der Waals surface area contributed by atoms with Crippen molar-refractivity contribution in [2.45, 2.75) is 247 Å². The lowest BCUT2D eigenvalue weighted by atomic mass is 10.0. The molecule has 34 N–H and O–H groups in total. The fourth-order valence-corrected chi connectivity index (χ4v) is 17.7. The standard InChI is InChI=1S/C83H140N30O18S3/c1-47(2)38-56-72(123)99-53(21-13-32-97-82(91)92)70(121)108-60(75(126)103-55(79(130)131)22-14-33-98-83(93)94)42-133-36-27-65(116)111-44-110-45-112(46-111)66(117)28-37-134-43-61(74(125)101-51(19-11-30-95-80(87)88)68(119)102-54(71(122)104-56)24-25-63(86)114)109-77(128)62-23-15-34-113(62)78(129)58(39-48(3)4)106-69(120)52(20-12-31-96-81(89)90)100-73(124)57(40-49-16-7-5-8-17-49)105-76(127)59(41-132-35-26-64(110)115)107-67(118)50(85)18-9-6-10-29-84/h5,7-8,16-17,47-48,50-62H,6,9-15,18-46,84-85H2,1-4H3,(H2,86,114)(H,99,123)(H,100,124)(H,101,125)(H,102,119)(H,103,126)(H,104,122)(H,105,127)(H,106,120)(H,107,118)(H,108,121)(H,109,128)(H,130,131)(H4,87,88,95)(H4,89,90,96)(H4,91,92,97)(H4,93,94,98)/t50-,51+,52+,53+,54+,55+,56+,57+,58+,59+,60+,61+,62+/m1/s1. The molecule has 0 unspecified atom stereocenters. The van der Waals surface area contributed by atoms with E-state index in [1.54, 1.807) is 58.0 Å². The maximum Gasteiger partial charge on any atom is 0.326 e. The van der Waals surface area contributed by atoms with Gasteiger partial charge in [0.25, 0.3) is 0 Å². The number of carboxylic acid groups (broad SMARTS) is 1. The molecule has 1 aromatic carbocycles. The van der Waals surface area contributed by atoms with E-state index >= 15 is 33.6 Å². The van der Waals surface area contributed by atoms with Crippen LogP contribution in [-0.4, -0.2) is 321 Å². The van der Waals surface area contributed by atoms with Gasteiger partial charge in [-0.1, -0.05) is 70.9 Å². The second kappa shape index (κ2) is 59.8. The minimum Gasteiger partial charge on any atom is -0.480 e. The number of aliphatic carboxylic acids is 1. The van der Waals surface area contributed by atoms with E-state index in [9.17, 15) is 53.1 Å². The molecule has 4 heterocycles. The van der Waals surface area contributed by atoms with Gasteiger partial charge < -0.3 is 145 Å². The minimum atomic E-state index is -1.74. The van der Waals surface area contributed by atoms with Crippen LogP contribution in [-0.2, 0) is 87.9 Å². The van der Waals surface area contributed by atoms with Crippen LogP contribution in [0, 0.1) is 33.5 Å². The molecular formula is C83H140N30O18S3. The largest absolute Gasteiger partial charge is 0.480 e. The first-order valence-corrected chi connectivity index (χ1v) is 48.6. The second-order valence-electron chi connectivity index (χ2n) is 34.0. The Morgan fingerprint density at radius 2 is 0.918 bits per heavy atom. The Morgan fingerprint density at radius 1 is 0.485 bits per heavy atom. The number of fused-ring (bicyclic) bond motifs is 8. The summed E-state index contributed by atoms with van der Waals surface area (Å²) in [5.74, 6) is -19.4. The molecule has 134 heavy (non-hydrogen) atoms. The Morgan fingerprint density at radius 3 is 1.40 bits per heavy atom. The first-order valence-electron chi connectivity index (χ1n) is 45.2. The molecule has 5 rings (SSSR count). The Labute approximate surface area is 792 Å². The molecule has 16 amide bonds. The Bertz CT molecular complexity index is 4180. The molecule has 4 aliphatic rings. The summed E-state index contributed by atoms with van der Waals surface area (Å²) in [6, 6.07) is -11.3. The molecule has 4 aliphatic heterocycles. The molecule has 0 aliphatic carbocycles. The molecule has 0 radical (unpaired) electrons. The average molecular weight is 1940 g/mol. The predicted octanol–water partition coefficient (Wildman–Crippen LogP) is -6.34. The molecular weight excluding hydrogens is 1800 g/mol. The number of primary amides is 1. The van der Waals surface area contributed by atoms with Gasteiger partial charge in [0.1, 0.15) is 72.5 Å². The molecule has 51 heteroatoms. The highest BCUT2D eigenvalue weighted by Crippen LogP contribution is 2.24. The number of unbranched alkanes of at least 4 members (excludes halogenated alkanes) is 2. The third kappa shape index (κ3) is 41.8. The van der Waals surface area contributed by atoms with E-state index < -0.39 is 242 Å². The van der Waals surface area contributed by atoms with Crippen LogP contribution in [0.15, 0.2) is 30.3 Å². The number of amides is 16. The topological polar surface area (TPSA) is 781 Å². The van der Waals surface area contributed by atoms with E-state index in [0.717, 1.165) is 35.3 Å². The lowest BCUT2D eigenvalue weighted by Crippen LogP contribution is -2.61. The number of rotatable bonds is 35. The zero-order valence-electron chi connectivity index (χ0n) is 76.7. The van der Waals surface area contributed by atoms with E-state index in [1.807, 2.05) is 0 Å². The number of guanidine groups is 4. The summed E-state index contributed by atoms with van der Waals surface area (Å²) in [5.41, 5.74) is 40.7. The van der Waals surface area contributed by atoms with Gasteiger partial charge in [-0.25, -0.2) is 4.79 Å². The molecule has 0 aromatic heterocycles. The SMILES string of the molecule is CC(C)C[C@@H]1NC(=O)[C@H](CCC(N)=O)NC(=O)[C@H](CCCNC(=N)N)NC(=O)[C@@H]2CSCCC(=O)N3CN(CN(C3)C(=O)CCSC[C@@H](C(=O)N[C@@H](CCCNC(=N)N)C(=O)O)NC(=O)[C@H](CCCNC(=N)N)NC1=O)C(=O)CCSC[C@H](NC(=O)[C@H](N)CCCCCN)C(=O)N[C@@H](Cc1ccccc1)C(=O)N[C@@H](CCCNC(=N)N)C(=O)N[C@@H](CC(C)C)C(=O)N1CCC[C@H]1C(=O)N2. The number of carboxylic acids is 1. The van der Waals surface area contributed by atoms with Crippen molar-refractivity contribution in [3.63, 3.8) is 0 Å². The minimum absolute atomic E-state index is 0.000702. The Hall–Kier alpha value is -11.7. The quantitative estimate of drug-likeness (QED) is 0.0171. The van der Waals surface area contributed by atoms with Crippen molar-refractivity contribution in [3.05, 3.63) is 35.9 Å². The third-order valence-corrected chi connectivity index (χ3v) is 25.1. The van der Waals surface area contributed by atoms with Crippen LogP contribution in [0.3, 0.4) is 0 Å². The number of hydrogen-bond acceptors (Lipinski definition) is 26. The zero-order valence-corrected chi connectivity index (χ0v) is 79.1. The molecule has 4 saturated heterocycles. The van der Waals surface area contributed by atoms with Gasteiger partial charge in [-0.15, -0.1) is 0 Å². The Kier molecular flexibility index (Phi) is 50.3. The van der Waals surface area contributed by atoms with Gasteiger partial charge in [-0.2, -0.15) is 35.3 Å². The number of thioether (sulfide) groups is 3. The summed E-state index contributed by atoms with van der Waals surface area (Å²) in [5, 5.41) is 81.3. The van der Waals surface area contributed by atoms with Crippen LogP contribution in [0.1, 0.15) is 168 Å². The van der Waals surface area contributed by atoms with Gasteiger partial charge in [-0.3, -0.25) is 98.3 Å². The van der Waals surface area contributed by atoms with Gasteiger partial charge in [-0.05, 0) is 120 Å². The summed E-state index contributed by atoms with van der Waals surface area (Å²) in [6.45, 7) is 6.01. The number of nitrogens with one attached hydrogen (secondary N) is 19. The van der Waals surface area contributed by atoms with Crippen LogP contribution in [0.4, 0.5) is 0 Å². The van der Waals surface area contributed by atoms with E-state index in [0.29, 0.717) is 31.4 Å². The van der Waals surface area contributed by atoms with Crippen molar-refractivity contribution in [2.75, 3.05) is 93.8 Å². The van der Waals surface area contributed by atoms with E-state index in [1.165, 1.54) is 19.6 Å². The molecule has 4 fully saturated rings. The second-order valence-corrected chi connectivity index (χ2v) is 37.5. The summed E-state index contributed by atoms with van der Waals surface area (Å²) < 4.78 is 0. The molecule has 748 valence electrons. The number of nitrogens with two attached hydrogens (primary N) is 7. The number of carbonyl (C=O) groups is 17. The van der Waals surface area contributed by atoms with Crippen molar-refractivity contribution < 1.29 is 86.6 Å². The summed E-state index contributed by atoms with van der Waals surface area (Å²) >= 11 is 2.95. The number of carbonyl (C=O) groups excluding carboxylic acids is 16. The predicted molar refractivity (Wildman–Crippen MR) is 504 cm³/mol. The van der Waals surface area contributed by atoms with Gasteiger partial charge in [0, 0.05) is 99.3 Å². The Balaban J connectivity index is 1.75. The third-order valence-electron chi connectivity index (χ3n) is 22.0. The number of hydrogen-bond donors (Lipinski definition) is 27. The van der Waals surface area contributed by atoms with Crippen molar-refractivity contribution in [3.8, 4) is 0 Å². The van der Waals surface area contributed by atoms with Gasteiger partial charge in [0.15, 0.2) is 23.8 Å².